The number of anilines is 1. The molecule has 22 heavy (non-hydrogen) atoms. The Morgan fingerprint density at radius 3 is 2.50 bits per heavy atom. The molecule has 5 nitrogen and oxygen atoms in total. The number of nitrogens with zero attached hydrogens (tertiary/aromatic N) is 5. The smallest absolute Gasteiger partial charge is 0.140 e. The lowest BCUT2D eigenvalue weighted by Gasteiger charge is -2.38. The largest absolute Gasteiger partial charge is 0.368 e. The first-order valence-electron chi connectivity index (χ1n) is 7.54. The first-order chi connectivity index (χ1) is 10.8. The van der Waals surface area contributed by atoms with E-state index in [0.29, 0.717) is 11.7 Å². The molecule has 0 amide bonds. The van der Waals surface area contributed by atoms with Crippen LogP contribution < -0.4 is 4.90 Å². The summed E-state index contributed by atoms with van der Waals surface area (Å²) >= 11 is 0. The fourth-order valence-corrected chi connectivity index (χ4v) is 2.82. The normalized spacial score (nSPS) is 17.0. The number of rotatable bonds is 3. The third kappa shape index (κ3) is 3.07. The molecule has 0 radical (unpaired) electrons. The molecule has 0 aromatic carbocycles. The molecule has 3 heterocycles. The molecular formula is C17H19N5. The summed E-state index contributed by atoms with van der Waals surface area (Å²) in [6.07, 6.45) is 3.64. The number of piperazine rings is 1. The van der Waals surface area contributed by atoms with Crippen LogP contribution in [-0.2, 0) is 0 Å². The van der Waals surface area contributed by atoms with Crippen molar-refractivity contribution in [3.8, 4) is 6.07 Å². The molecule has 0 saturated carbocycles. The van der Waals surface area contributed by atoms with Crippen molar-refractivity contribution in [2.75, 3.05) is 31.1 Å². The molecule has 1 aliphatic heterocycles. The lowest BCUT2D eigenvalue weighted by Crippen LogP contribution is -2.47. The van der Waals surface area contributed by atoms with Gasteiger partial charge in [0.15, 0.2) is 0 Å². The van der Waals surface area contributed by atoms with Crippen LogP contribution in [0.3, 0.4) is 0 Å². The van der Waals surface area contributed by atoms with Gasteiger partial charge in [0.25, 0.3) is 0 Å². The average Bonchev–Trinajstić information content (AvgIpc) is 2.62. The molecule has 1 aliphatic rings. The first kappa shape index (κ1) is 14.5. The third-order valence-corrected chi connectivity index (χ3v) is 4.21. The maximum Gasteiger partial charge on any atom is 0.140 e. The van der Waals surface area contributed by atoms with Crippen molar-refractivity contribution in [2.45, 2.75) is 13.0 Å². The molecule has 5 heteroatoms. The minimum absolute atomic E-state index is 0.336. The molecule has 0 spiro atoms. The van der Waals surface area contributed by atoms with Gasteiger partial charge in [-0.05, 0) is 31.2 Å². The summed E-state index contributed by atoms with van der Waals surface area (Å²) in [7, 11) is 0. The Kier molecular flexibility index (Phi) is 4.31. The molecule has 1 fully saturated rings. The van der Waals surface area contributed by atoms with E-state index in [1.54, 1.807) is 12.3 Å². The molecular weight excluding hydrogens is 274 g/mol. The first-order valence-corrected chi connectivity index (χ1v) is 7.54. The quantitative estimate of drug-likeness (QED) is 0.868. The molecule has 1 saturated heterocycles. The van der Waals surface area contributed by atoms with E-state index in [-0.39, 0.29) is 0 Å². The standard InChI is InChI=1S/C17H19N5/c1-14(17-4-2-3-7-19-17)21-8-10-22(11-9-21)16-6-5-15(12-18)20-13-16/h2-7,13-14H,8-11H2,1H3/t14-/m0/s1. The highest BCUT2D eigenvalue weighted by Gasteiger charge is 2.22. The Morgan fingerprint density at radius 2 is 1.91 bits per heavy atom. The molecule has 112 valence electrons. The minimum Gasteiger partial charge on any atom is -0.368 e. The maximum absolute atomic E-state index is 8.80. The zero-order chi connectivity index (χ0) is 15.4. The zero-order valence-corrected chi connectivity index (χ0v) is 12.7. The highest BCUT2D eigenvalue weighted by molar-refractivity contribution is 5.46. The number of aromatic nitrogens is 2. The fraction of sp³-hybridized carbons (Fsp3) is 0.353. The van der Waals surface area contributed by atoms with E-state index >= 15 is 0 Å². The highest BCUT2D eigenvalue weighted by Crippen LogP contribution is 2.22. The van der Waals surface area contributed by atoms with Gasteiger partial charge in [0, 0.05) is 38.4 Å². The van der Waals surface area contributed by atoms with Crippen LogP contribution in [0.4, 0.5) is 5.69 Å². The molecule has 0 bridgehead atoms. The van der Waals surface area contributed by atoms with Crippen LogP contribution >= 0.6 is 0 Å². The molecule has 2 aromatic rings. The van der Waals surface area contributed by atoms with Crippen LogP contribution in [0.25, 0.3) is 0 Å². The van der Waals surface area contributed by atoms with Crippen molar-refractivity contribution in [1.82, 2.24) is 14.9 Å². The Morgan fingerprint density at radius 1 is 1.09 bits per heavy atom. The SMILES string of the molecule is C[C@@H](c1ccccn1)N1CCN(c2ccc(C#N)nc2)CC1. The summed E-state index contributed by atoms with van der Waals surface area (Å²) in [6.45, 7) is 6.13. The van der Waals surface area contributed by atoms with Crippen LogP contribution in [0.2, 0.25) is 0 Å². The Balaban J connectivity index is 1.61. The number of nitriles is 1. The van der Waals surface area contributed by atoms with Gasteiger partial charge in [-0.25, -0.2) is 4.98 Å². The van der Waals surface area contributed by atoms with Crippen LogP contribution in [0.1, 0.15) is 24.4 Å². The fourth-order valence-electron chi connectivity index (χ4n) is 2.82. The van der Waals surface area contributed by atoms with E-state index in [0.717, 1.165) is 37.6 Å². The minimum atomic E-state index is 0.336. The summed E-state index contributed by atoms with van der Waals surface area (Å²) in [5, 5.41) is 8.80. The van der Waals surface area contributed by atoms with Gasteiger partial charge in [0.05, 0.1) is 17.6 Å². The number of hydrogen-bond acceptors (Lipinski definition) is 5. The average molecular weight is 293 g/mol. The van der Waals surface area contributed by atoms with Crippen molar-refractivity contribution >= 4 is 5.69 Å². The second-order valence-electron chi connectivity index (χ2n) is 5.47. The van der Waals surface area contributed by atoms with Gasteiger partial charge in [0.1, 0.15) is 11.8 Å². The van der Waals surface area contributed by atoms with Crippen LogP contribution in [0.5, 0.6) is 0 Å². The van der Waals surface area contributed by atoms with Gasteiger partial charge < -0.3 is 4.90 Å². The van der Waals surface area contributed by atoms with Crippen molar-refractivity contribution in [3.63, 3.8) is 0 Å². The van der Waals surface area contributed by atoms with Crippen LogP contribution in [0.15, 0.2) is 42.7 Å². The van der Waals surface area contributed by atoms with Gasteiger partial charge in [-0.2, -0.15) is 5.26 Å². The topological polar surface area (TPSA) is 56.1 Å². The molecule has 0 unspecified atom stereocenters. The van der Waals surface area contributed by atoms with Crippen molar-refractivity contribution in [3.05, 3.63) is 54.1 Å². The van der Waals surface area contributed by atoms with Crippen LogP contribution in [-0.4, -0.2) is 41.0 Å². The summed E-state index contributed by atoms with van der Waals surface area (Å²) < 4.78 is 0. The summed E-state index contributed by atoms with van der Waals surface area (Å²) in [6, 6.07) is 12.2. The second kappa shape index (κ2) is 6.54. The number of hydrogen-bond donors (Lipinski definition) is 0. The maximum atomic E-state index is 8.80. The number of pyridine rings is 2. The van der Waals surface area contributed by atoms with E-state index in [1.165, 1.54) is 0 Å². The van der Waals surface area contributed by atoms with Gasteiger partial charge in [-0.1, -0.05) is 6.07 Å². The monoisotopic (exact) mass is 293 g/mol. The highest BCUT2D eigenvalue weighted by atomic mass is 15.3. The second-order valence-corrected chi connectivity index (χ2v) is 5.47. The van der Waals surface area contributed by atoms with Gasteiger partial charge in [-0.3, -0.25) is 9.88 Å². The molecule has 0 N–H and O–H groups in total. The van der Waals surface area contributed by atoms with Crippen molar-refractivity contribution < 1.29 is 0 Å². The van der Waals surface area contributed by atoms with E-state index in [4.69, 9.17) is 5.26 Å². The Hall–Kier alpha value is -2.45. The molecule has 0 aliphatic carbocycles. The summed E-state index contributed by atoms with van der Waals surface area (Å²) in [5.74, 6) is 0. The van der Waals surface area contributed by atoms with E-state index < -0.39 is 0 Å². The molecule has 3 rings (SSSR count). The van der Waals surface area contributed by atoms with Crippen molar-refractivity contribution in [1.29, 1.82) is 5.26 Å². The van der Waals surface area contributed by atoms with E-state index in [9.17, 15) is 0 Å². The Bertz CT molecular complexity index is 639. The lowest BCUT2D eigenvalue weighted by molar-refractivity contribution is 0.195. The summed E-state index contributed by atoms with van der Waals surface area (Å²) in [5.41, 5.74) is 2.67. The van der Waals surface area contributed by atoms with Crippen molar-refractivity contribution in [2.24, 2.45) is 0 Å². The zero-order valence-electron chi connectivity index (χ0n) is 12.7. The summed E-state index contributed by atoms with van der Waals surface area (Å²) in [4.78, 5) is 13.4. The van der Waals surface area contributed by atoms with E-state index in [1.807, 2.05) is 24.4 Å². The molecule has 2 aromatic heterocycles. The Labute approximate surface area is 130 Å². The van der Waals surface area contributed by atoms with Gasteiger partial charge in [0.2, 0.25) is 0 Å². The van der Waals surface area contributed by atoms with Gasteiger partial charge >= 0.3 is 0 Å². The lowest BCUT2D eigenvalue weighted by atomic mass is 10.1. The third-order valence-electron chi connectivity index (χ3n) is 4.21. The van der Waals surface area contributed by atoms with E-state index in [2.05, 4.69) is 38.8 Å². The van der Waals surface area contributed by atoms with Crippen LogP contribution in [0, 0.1) is 11.3 Å². The molecule has 1 atom stereocenters. The predicted molar refractivity (Wildman–Crippen MR) is 85.4 cm³/mol. The van der Waals surface area contributed by atoms with Gasteiger partial charge in [-0.15, -0.1) is 0 Å². The predicted octanol–water partition coefficient (Wildman–Crippen LogP) is 2.23.